The first-order valence-electron chi connectivity index (χ1n) is 7.71. The van der Waals surface area contributed by atoms with Gasteiger partial charge in [-0.1, -0.05) is 0 Å². The molecule has 0 aliphatic carbocycles. The first-order chi connectivity index (χ1) is 11.5. The second kappa shape index (κ2) is 7.54. The summed E-state index contributed by atoms with van der Waals surface area (Å²) < 4.78 is 0. The standard InChI is InChI=1S/C17H20N4O3/c1-4-20(5-2)16-11-17(22)15(10-12(16)3)19-18-13-6-8-14(9-7-13)21(23)24/h6-11,22H,4-5H2,1-3H3. The number of phenols is 1. The summed E-state index contributed by atoms with van der Waals surface area (Å²) in [6.07, 6.45) is 0. The van der Waals surface area contributed by atoms with Crippen molar-refractivity contribution in [3.05, 3.63) is 52.1 Å². The highest BCUT2D eigenvalue weighted by Gasteiger charge is 2.11. The van der Waals surface area contributed by atoms with E-state index in [-0.39, 0.29) is 11.4 Å². The third-order valence-corrected chi connectivity index (χ3v) is 3.73. The van der Waals surface area contributed by atoms with Gasteiger partial charge in [-0.3, -0.25) is 10.1 Å². The zero-order valence-corrected chi connectivity index (χ0v) is 13.9. The van der Waals surface area contributed by atoms with Crippen molar-refractivity contribution in [2.75, 3.05) is 18.0 Å². The fraction of sp³-hybridized carbons (Fsp3) is 0.294. The van der Waals surface area contributed by atoms with E-state index in [1.54, 1.807) is 12.1 Å². The zero-order chi connectivity index (χ0) is 17.7. The Morgan fingerprint density at radius 2 is 1.75 bits per heavy atom. The minimum Gasteiger partial charge on any atom is -0.506 e. The fourth-order valence-electron chi connectivity index (χ4n) is 2.41. The number of azo groups is 1. The lowest BCUT2D eigenvalue weighted by molar-refractivity contribution is -0.384. The first-order valence-corrected chi connectivity index (χ1v) is 7.71. The van der Waals surface area contributed by atoms with Gasteiger partial charge >= 0.3 is 0 Å². The first kappa shape index (κ1) is 17.4. The highest BCUT2D eigenvalue weighted by molar-refractivity contribution is 5.65. The molecule has 7 nitrogen and oxygen atoms in total. The molecule has 7 heteroatoms. The van der Waals surface area contributed by atoms with Crippen LogP contribution in [0.3, 0.4) is 0 Å². The SMILES string of the molecule is CCN(CC)c1cc(O)c(N=Nc2ccc([N+](=O)[O-])cc2)cc1C. The molecule has 0 unspecified atom stereocenters. The number of hydrogen-bond acceptors (Lipinski definition) is 6. The summed E-state index contributed by atoms with van der Waals surface area (Å²) in [5.41, 5.74) is 2.80. The molecule has 2 aromatic rings. The molecule has 0 atom stereocenters. The lowest BCUT2D eigenvalue weighted by Gasteiger charge is -2.23. The van der Waals surface area contributed by atoms with Gasteiger partial charge < -0.3 is 10.0 Å². The highest BCUT2D eigenvalue weighted by Crippen LogP contribution is 2.35. The van der Waals surface area contributed by atoms with Crippen molar-refractivity contribution < 1.29 is 10.0 Å². The molecule has 0 radical (unpaired) electrons. The van der Waals surface area contributed by atoms with Crippen LogP contribution in [0.2, 0.25) is 0 Å². The van der Waals surface area contributed by atoms with E-state index in [0.29, 0.717) is 11.4 Å². The quantitative estimate of drug-likeness (QED) is 0.465. The van der Waals surface area contributed by atoms with Gasteiger partial charge in [0.05, 0.1) is 10.6 Å². The number of aryl methyl sites for hydroxylation is 1. The molecule has 0 heterocycles. The van der Waals surface area contributed by atoms with Crippen LogP contribution in [0, 0.1) is 17.0 Å². The summed E-state index contributed by atoms with van der Waals surface area (Å²) >= 11 is 0. The maximum atomic E-state index is 10.6. The number of aromatic hydroxyl groups is 1. The van der Waals surface area contributed by atoms with E-state index in [0.717, 1.165) is 24.3 Å². The Kier molecular flexibility index (Phi) is 5.47. The average Bonchev–Trinajstić information content (AvgIpc) is 2.57. The van der Waals surface area contributed by atoms with Crippen molar-refractivity contribution in [1.82, 2.24) is 0 Å². The van der Waals surface area contributed by atoms with Crippen LogP contribution in [-0.4, -0.2) is 23.1 Å². The predicted octanol–water partition coefficient (Wildman–Crippen LogP) is 4.87. The predicted molar refractivity (Wildman–Crippen MR) is 93.7 cm³/mol. The van der Waals surface area contributed by atoms with E-state index in [9.17, 15) is 15.2 Å². The lowest BCUT2D eigenvalue weighted by atomic mass is 10.1. The van der Waals surface area contributed by atoms with Crippen molar-refractivity contribution in [3.8, 4) is 5.75 Å². The van der Waals surface area contributed by atoms with Crippen molar-refractivity contribution in [2.24, 2.45) is 10.2 Å². The van der Waals surface area contributed by atoms with Crippen LogP contribution < -0.4 is 4.90 Å². The number of nitrogens with zero attached hydrogens (tertiary/aromatic N) is 4. The summed E-state index contributed by atoms with van der Waals surface area (Å²) in [5.74, 6) is 0.0492. The van der Waals surface area contributed by atoms with Crippen molar-refractivity contribution in [2.45, 2.75) is 20.8 Å². The van der Waals surface area contributed by atoms with Gasteiger partial charge in [0.1, 0.15) is 11.4 Å². The summed E-state index contributed by atoms with van der Waals surface area (Å²) in [6, 6.07) is 9.21. The fourth-order valence-corrected chi connectivity index (χ4v) is 2.41. The van der Waals surface area contributed by atoms with Crippen LogP contribution >= 0.6 is 0 Å². The molecule has 2 aromatic carbocycles. The summed E-state index contributed by atoms with van der Waals surface area (Å²) in [5, 5.41) is 28.9. The zero-order valence-electron chi connectivity index (χ0n) is 13.9. The lowest BCUT2D eigenvalue weighted by Crippen LogP contribution is -2.22. The third kappa shape index (κ3) is 3.87. The van der Waals surface area contributed by atoms with Gasteiger partial charge in [-0.15, -0.1) is 5.11 Å². The van der Waals surface area contributed by atoms with Crippen LogP contribution in [0.4, 0.5) is 22.7 Å². The molecule has 126 valence electrons. The van der Waals surface area contributed by atoms with Crippen LogP contribution in [0.15, 0.2) is 46.6 Å². The smallest absolute Gasteiger partial charge is 0.269 e. The molecule has 1 N–H and O–H groups in total. The van der Waals surface area contributed by atoms with Crippen molar-refractivity contribution in [1.29, 1.82) is 0 Å². The molecule has 0 aliphatic rings. The van der Waals surface area contributed by atoms with E-state index in [4.69, 9.17) is 0 Å². The normalized spacial score (nSPS) is 11.0. The van der Waals surface area contributed by atoms with Crippen LogP contribution in [-0.2, 0) is 0 Å². The van der Waals surface area contributed by atoms with E-state index in [1.807, 2.05) is 6.92 Å². The molecule has 2 rings (SSSR count). The van der Waals surface area contributed by atoms with Crippen LogP contribution in [0.25, 0.3) is 0 Å². The second-order valence-electron chi connectivity index (χ2n) is 5.27. The number of rotatable bonds is 6. The molecule has 0 aliphatic heterocycles. The van der Waals surface area contributed by atoms with E-state index in [2.05, 4.69) is 29.0 Å². The molecule has 0 bridgehead atoms. The van der Waals surface area contributed by atoms with Gasteiger partial charge in [0.15, 0.2) is 0 Å². The molecular formula is C17H20N4O3. The summed E-state index contributed by atoms with van der Waals surface area (Å²) in [4.78, 5) is 12.3. The van der Waals surface area contributed by atoms with Crippen LogP contribution in [0.1, 0.15) is 19.4 Å². The third-order valence-electron chi connectivity index (χ3n) is 3.73. The number of nitro groups is 1. The number of nitro benzene ring substituents is 1. The number of non-ortho nitro benzene ring substituents is 1. The summed E-state index contributed by atoms with van der Waals surface area (Å²) in [6.45, 7) is 7.77. The Bertz CT molecular complexity index is 753. The Labute approximate surface area is 140 Å². The van der Waals surface area contributed by atoms with E-state index < -0.39 is 4.92 Å². The summed E-state index contributed by atoms with van der Waals surface area (Å²) in [7, 11) is 0. The molecular weight excluding hydrogens is 308 g/mol. The van der Waals surface area contributed by atoms with E-state index >= 15 is 0 Å². The van der Waals surface area contributed by atoms with Gasteiger partial charge in [-0.2, -0.15) is 5.11 Å². The van der Waals surface area contributed by atoms with Crippen LogP contribution in [0.5, 0.6) is 5.75 Å². The topological polar surface area (TPSA) is 91.3 Å². The van der Waals surface area contributed by atoms with Crippen molar-refractivity contribution >= 4 is 22.7 Å². The average molecular weight is 328 g/mol. The van der Waals surface area contributed by atoms with Gasteiger partial charge in [0.2, 0.25) is 0 Å². The molecule has 0 saturated carbocycles. The number of hydrogen-bond donors (Lipinski definition) is 1. The molecule has 24 heavy (non-hydrogen) atoms. The van der Waals surface area contributed by atoms with Gasteiger partial charge in [0.25, 0.3) is 5.69 Å². The number of benzene rings is 2. The van der Waals surface area contributed by atoms with Crippen molar-refractivity contribution in [3.63, 3.8) is 0 Å². The minimum atomic E-state index is -0.470. The van der Waals surface area contributed by atoms with E-state index in [1.165, 1.54) is 24.3 Å². The monoisotopic (exact) mass is 328 g/mol. The Morgan fingerprint density at radius 1 is 1.12 bits per heavy atom. The molecule has 0 saturated heterocycles. The van der Waals surface area contributed by atoms with Gasteiger partial charge in [-0.05, 0) is 44.5 Å². The van der Waals surface area contributed by atoms with Gasteiger partial charge in [0, 0.05) is 37.0 Å². The molecule has 0 spiro atoms. The Morgan fingerprint density at radius 3 is 2.29 bits per heavy atom. The molecule has 0 fully saturated rings. The Hall–Kier alpha value is -2.96. The van der Waals surface area contributed by atoms with Gasteiger partial charge in [-0.25, -0.2) is 0 Å². The molecule has 0 amide bonds. The second-order valence-corrected chi connectivity index (χ2v) is 5.27. The highest BCUT2D eigenvalue weighted by atomic mass is 16.6. The maximum absolute atomic E-state index is 10.6. The minimum absolute atomic E-state index is 0.00350. The largest absolute Gasteiger partial charge is 0.506 e. The number of anilines is 1. The maximum Gasteiger partial charge on any atom is 0.269 e. The Balaban J connectivity index is 2.26. The molecule has 0 aromatic heterocycles. The number of phenolic OH excluding ortho intramolecular Hbond substituents is 1.